The van der Waals surface area contributed by atoms with E-state index >= 15 is 0 Å². The fraction of sp³-hybridized carbons (Fsp3) is 0.231. The summed E-state index contributed by atoms with van der Waals surface area (Å²) < 4.78 is 0. The van der Waals surface area contributed by atoms with E-state index < -0.39 is 0 Å². The van der Waals surface area contributed by atoms with Crippen LogP contribution in [0.15, 0.2) is 47.8 Å². The van der Waals surface area contributed by atoms with Crippen LogP contribution in [0.5, 0.6) is 0 Å². The molecule has 1 aromatic heterocycles. The van der Waals surface area contributed by atoms with Crippen molar-refractivity contribution >= 4 is 23.7 Å². The van der Waals surface area contributed by atoms with Crippen LogP contribution in [-0.2, 0) is 12.0 Å². The number of nitrogens with two attached hydrogens (primary N) is 1. The molecule has 0 bridgehead atoms. The van der Waals surface area contributed by atoms with Crippen molar-refractivity contribution in [3.63, 3.8) is 0 Å². The Labute approximate surface area is 107 Å². The van der Waals surface area contributed by atoms with Gasteiger partial charge in [-0.25, -0.2) is 0 Å². The summed E-state index contributed by atoms with van der Waals surface area (Å²) >= 11 is 1.72. The third-order valence-electron chi connectivity index (χ3n) is 2.50. The predicted molar refractivity (Wildman–Crippen MR) is 73.3 cm³/mol. The van der Waals surface area contributed by atoms with Gasteiger partial charge in [-0.2, -0.15) is 0 Å². The molecule has 1 aromatic carbocycles. The van der Waals surface area contributed by atoms with Gasteiger partial charge >= 0.3 is 0 Å². The van der Waals surface area contributed by atoms with Crippen LogP contribution >= 0.6 is 23.7 Å². The zero-order valence-corrected chi connectivity index (χ0v) is 10.9. The second-order valence-corrected chi connectivity index (χ2v) is 5.00. The maximum Gasteiger partial charge on any atom is 0.0515 e. The highest BCUT2D eigenvalue weighted by Crippen LogP contribution is 2.26. The minimum absolute atomic E-state index is 0. The van der Waals surface area contributed by atoms with Crippen molar-refractivity contribution < 1.29 is 0 Å². The topological polar surface area (TPSA) is 26.0 Å². The van der Waals surface area contributed by atoms with Crippen LogP contribution in [0, 0.1) is 0 Å². The maximum atomic E-state index is 6.32. The zero-order valence-electron chi connectivity index (χ0n) is 9.22. The first-order chi connectivity index (χ1) is 7.18. The molecule has 0 fully saturated rings. The van der Waals surface area contributed by atoms with E-state index in [4.69, 9.17) is 5.73 Å². The van der Waals surface area contributed by atoms with Gasteiger partial charge in [0.1, 0.15) is 0 Å². The van der Waals surface area contributed by atoms with Crippen LogP contribution in [0.4, 0.5) is 0 Å². The smallest absolute Gasteiger partial charge is 0.0515 e. The monoisotopic (exact) mass is 253 g/mol. The summed E-state index contributed by atoms with van der Waals surface area (Å²) in [6, 6.07) is 14.5. The van der Waals surface area contributed by atoms with Gasteiger partial charge in [0.05, 0.1) is 5.54 Å². The lowest BCUT2D eigenvalue weighted by Gasteiger charge is -2.23. The fourth-order valence-corrected chi connectivity index (χ4v) is 2.51. The Hall–Kier alpha value is -0.830. The Kier molecular flexibility index (Phi) is 4.54. The minimum atomic E-state index is -0.254. The van der Waals surface area contributed by atoms with Crippen LogP contribution in [0.3, 0.4) is 0 Å². The van der Waals surface area contributed by atoms with Crippen LogP contribution in [-0.4, -0.2) is 0 Å². The van der Waals surface area contributed by atoms with E-state index in [2.05, 4.69) is 48.7 Å². The number of thiophene rings is 1. The molecule has 3 heteroatoms. The third kappa shape index (κ3) is 3.08. The lowest BCUT2D eigenvalue weighted by Crippen LogP contribution is -2.34. The Morgan fingerprint density at radius 2 is 1.81 bits per heavy atom. The van der Waals surface area contributed by atoms with Gasteiger partial charge in [0, 0.05) is 4.88 Å². The van der Waals surface area contributed by atoms with Crippen LogP contribution in [0.1, 0.15) is 17.4 Å². The van der Waals surface area contributed by atoms with E-state index in [1.54, 1.807) is 11.3 Å². The van der Waals surface area contributed by atoms with Gasteiger partial charge in [-0.3, -0.25) is 0 Å². The Balaban J connectivity index is 0.00000128. The van der Waals surface area contributed by atoms with Crippen LogP contribution < -0.4 is 5.73 Å². The first-order valence-electron chi connectivity index (χ1n) is 5.05. The van der Waals surface area contributed by atoms with Gasteiger partial charge in [-0.1, -0.05) is 36.4 Å². The summed E-state index contributed by atoms with van der Waals surface area (Å²) in [5.41, 5.74) is 7.36. The van der Waals surface area contributed by atoms with Crippen molar-refractivity contribution in [1.29, 1.82) is 0 Å². The Bertz CT molecular complexity index is 409. The highest BCUT2D eigenvalue weighted by molar-refractivity contribution is 7.10. The second-order valence-electron chi connectivity index (χ2n) is 4.06. The largest absolute Gasteiger partial charge is 0.321 e. The Morgan fingerprint density at radius 1 is 1.12 bits per heavy atom. The molecule has 0 saturated carbocycles. The molecular weight excluding hydrogens is 238 g/mol. The molecular formula is C13H16ClNS. The molecule has 2 N–H and O–H groups in total. The molecule has 0 amide bonds. The number of hydrogen-bond acceptors (Lipinski definition) is 2. The molecule has 0 aliphatic rings. The summed E-state index contributed by atoms with van der Waals surface area (Å²) in [5, 5.41) is 2.07. The lowest BCUT2D eigenvalue weighted by atomic mass is 9.92. The van der Waals surface area contributed by atoms with E-state index in [-0.39, 0.29) is 17.9 Å². The summed E-state index contributed by atoms with van der Waals surface area (Å²) in [7, 11) is 0. The fourth-order valence-electron chi connectivity index (χ4n) is 1.71. The molecule has 0 aliphatic heterocycles. The summed E-state index contributed by atoms with van der Waals surface area (Å²) in [5.74, 6) is 0. The molecule has 0 spiro atoms. The van der Waals surface area contributed by atoms with E-state index in [1.807, 2.05) is 6.07 Å². The molecule has 16 heavy (non-hydrogen) atoms. The maximum absolute atomic E-state index is 6.32. The first kappa shape index (κ1) is 13.2. The van der Waals surface area contributed by atoms with Crippen molar-refractivity contribution in [3.05, 3.63) is 58.3 Å². The number of hydrogen-bond donors (Lipinski definition) is 1. The van der Waals surface area contributed by atoms with Gasteiger partial charge in [-0.15, -0.1) is 23.7 Å². The Morgan fingerprint density at radius 3 is 2.38 bits per heavy atom. The van der Waals surface area contributed by atoms with Crippen molar-refractivity contribution in [2.24, 2.45) is 5.73 Å². The predicted octanol–water partition coefficient (Wildman–Crippen LogP) is 3.59. The van der Waals surface area contributed by atoms with Crippen LogP contribution in [0.25, 0.3) is 0 Å². The molecule has 2 rings (SSSR count). The highest BCUT2D eigenvalue weighted by Gasteiger charge is 2.22. The van der Waals surface area contributed by atoms with Crippen molar-refractivity contribution in [2.75, 3.05) is 0 Å². The van der Waals surface area contributed by atoms with E-state index in [0.29, 0.717) is 0 Å². The van der Waals surface area contributed by atoms with E-state index in [9.17, 15) is 0 Å². The van der Waals surface area contributed by atoms with Gasteiger partial charge in [0.2, 0.25) is 0 Å². The lowest BCUT2D eigenvalue weighted by molar-refractivity contribution is 0.502. The molecule has 1 atom stereocenters. The minimum Gasteiger partial charge on any atom is -0.321 e. The van der Waals surface area contributed by atoms with Crippen LogP contribution in [0.2, 0.25) is 0 Å². The number of rotatable bonds is 3. The molecule has 86 valence electrons. The highest BCUT2D eigenvalue weighted by atomic mass is 35.5. The third-order valence-corrected chi connectivity index (χ3v) is 3.65. The summed E-state index contributed by atoms with van der Waals surface area (Å²) in [6.07, 6.45) is 0.883. The molecule has 1 heterocycles. The molecule has 1 unspecified atom stereocenters. The van der Waals surface area contributed by atoms with Crippen molar-refractivity contribution in [3.8, 4) is 0 Å². The molecule has 0 saturated heterocycles. The SMILES string of the molecule is CC(N)(Cc1ccccc1)c1cccs1.Cl. The van der Waals surface area contributed by atoms with Gasteiger partial charge in [-0.05, 0) is 30.4 Å². The van der Waals surface area contributed by atoms with E-state index in [0.717, 1.165) is 6.42 Å². The first-order valence-corrected chi connectivity index (χ1v) is 5.93. The molecule has 1 nitrogen and oxygen atoms in total. The van der Waals surface area contributed by atoms with Crippen molar-refractivity contribution in [2.45, 2.75) is 18.9 Å². The average molecular weight is 254 g/mol. The second kappa shape index (κ2) is 5.48. The normalized spacial score (nSPS) is 13.9. The van der Waals surface area contributed by atoms with Gasteiger partial charge in [0.25, 0.3) is 0 Å². The van der Waals surface area contributed by atoms with E-state index in [1.165, 1.54) is 10.4 Å². The summed E-state index contributed by atoms with van der Waals surface area (Å²) in [6.45, 7) is 2.09. The standard InChI is InChI=1S/C13H15NS.ClH/c1-13(14,12-8-5-9-15-12)10-11-6-3-2-4-7-11;/h2-9H,10,14H2,1H3;1H. The summed E-state index contributed by atoms with van der Waals surface area (Å²) in [4.78, 5) is 1.24. The number of benzene rings is 1. The molecule has 0 radical (unpaired) electrons. The van der Waals surface area contributed by atoms with Gasteiger partial charge in [0.15, 0.2) is 0 Å². The zero-order chi connectivity index (χ0) is 10.7. The van der Waals surface area contributed by atoms with Gasteiger partial charge < -0.3 is 5.73 Å². The quantitative estimate of drug-likeness (QED) is 0.889. The van der Waals surface area contributed by atoms with Crippen molar-refractivity contribution in [1.82, 2.24) is 0 Å². The average Bonchev–Trinajstić information content (AvgIpc) is 2.71. The number of halogens is 1. The molecule has 2 aromatic rings. The molecule has 0 aliphatic carbocycles.